The summed E-state index contributed by atoms with van der Waals surface area (Å²) in [6, 6.07) is 5.46. The van der Waals surface area contributed by atoms with E-state index in [4.69, 9.17) is 15.7 Å². The molecular formula is C11H16N2O2. The number of hydrogen-bond donors (Lipinski definition) is 2. The fraction of sp³-hybridized carbons (Fsp3) is 0.364. The van der Waals surface area contributed by atoms with Crippen LogP contribution in [0.5, 0.6) is 5.75 Å². The van der Waals surface area contributed by atoms with Gasteiger partial charge in [0.25, 0.3) is 0 Å². The van der Waals surface area contributed by atoms with Crippen LogP contribution in [-0.2, 0) is 0 Å². The molecule has 0 aliphatic rings. The van der Waals surface area contributed by atoms with Gasteiger partial charge in [0.1, 0.15) is 5.75 Å². The number of nitrogens with two attached hydrogens (primary N) is 1. The Kier molecular flexibility index (Phi) is 3.55. The lowest BCUT2D eigenvalue weighted by atomic mass is 9.99. The van der Waals surface area contributed by atoms with Gasteiger partial charge in [0.05, 0.1) is 7.11 Å². The second kappa shape index (κ2) is 4.68. The normalized spacial score (nSPS) is 11.9. The molecule has 0 aliphatic heterocycles. The molecule has 0 bridgehead atoms. The predicted octanol–water partition coefficient (Wildman–Crippen LogP) is 1.91. The monoisotopic (exact) mass is 208 g/mol. The molecule has 1 aromatic rings. The molecule has 0 spiro atoms. The van der Waals surface area contributed by atoms with Crippen LogP contribution in [0.1, 0.15) is 30.9 Å². The zero-order chi connectivity index (χ0) is 11.4. The quantitative estimate of drug-likeness (QED) is 0.345. The van der Waals surface area contributed by atoms with Gasteiger partial charge < -0.3 is 15.7 Å². The Balaban J connectivity index is 3.22. The van der Waals surface area contributed by atoms with Gasteiger partial charge in [0.2, 0.25) is 0 Å². The van der Waals surface area contributed by atoms with Crippen molar-refractivity contribution in [3.05, 3.63) is 29.3 Å². The van der Waals surface area contributed by atoms with Crippen LogP contribution >= 0.6 is 0 Å². The maximum atomic E-state index is 8.58. The molecule has 3 N–H and O–H groups in total. The van der Waals surface area contributed by atoms with E-state index in [9.17, 15) is 0 Å². The van der Waals surface area contributed by atoms with Crippen LogP contribution < -0.4 is 10.5 Å². The van der Waals surface area contributed by atoms with Crippen molar-refractivity contribution in [1.29, 1.82) is 0 Å². The Morgan fingerprint density at radius 2 is 2.13 bits per heavy atom. The molecule has 15 heavy (non-hydrogen) atoms. The summed E-state index contributed by atoms with van der Waals surface area (Å²) < 4.78 is 5.23. The fourth-order valence-electron chi connectivity index (χ4n) is 1.40. The number of nitrogens with zero attached hydrogens (tertiary/aromatic N) is 1. The van der Waals surface area contributed by atoms with E-state index >= 15 is 0 Å². The van der Waals surface area contributed by atoms with Gasteiger partial charge in [-0.2, -0.15) is 0 Å². The summed E-state index contributed by atoms with van der Waals surface area (Å²) in [7, 11) is 1.63. The standard InChI is InChI=1S/C11H16N2O2/c1-7(2)9-6-8(11(12)13-14)4-5-10(9)15-3/h4-7,14H,1-3H3,(H2,12,13). The Morgan fingerprint density at radius 3 is 2.60 bits per heavy atom. The van der Waals surface area contributed by atoms with Crippen molar-refractivity contribution in [3.8, 4) is 5.75 Å². The lowest BCUT2D eigenvalue weighted by molar-refractivity contribution is 0.318. The highest BCUT2D eigenvalue weighted by Gasteiger charge is 2.09. The van der Waals surface area contributed by atoms with Crippen LogP contribution in [0.25, 0.3) is 0 Å². The number of methoxy groups -OCH3 is 1. The Labute approximate surface area is 89.4 Å². The molecule has 82 valence electrons. The molecule has 0 aliphatic carbocycles. The molecule has 4 heteroatoms. The van der Waals surface area contributed by atoms with Crippen molar-refractivity contribution in [2.24, 2.45) is 10.9 Å². The van der Waals surface area contributed by atoms with E-state index in [0.29, 0.717) is 11.5 Å². The Morgan fingerprint density at radius 1 is 1.47 bits per heavy atom. The lowest BCUT2D eigenvalue weighted by Gasteiger charge is -2.12. The highest BCUT2D eigenvalue weighted by atomic mass is 16.5. The van der Waals surface area contributed by atoms with Crippen molar-refractivity contribution in [2.75, 3.05) is 7.11 Å². The van der Waals surface area contributed by atoms with Crippen LogP contribution in [-0.4, -0.2) is 18.2 Å². The van der Waals surface area contributed by atoms with Gasteiger partial charge in [-0.1, -0.05) is 19.0 Å². The van der Waals surface area contributed by atoms with E-state index in [0.717, 1.165) is 11.3 Å². The minimum absolute atomic E-state index is 0.111. The van der Waals surface area contributed by atoms with Crippen molar-refractivity contribution >= 4 is 5.84 Å². The van der Waals surface area contributed by atoms with E-state index in [1.165, 1.54) is 0 Å². The zero-order valence-corrected chi connectivity index (χ0v) is 9.19. The second-order valence-corrected chi connectivity index (χ2v) is 3.60. The van der Waals surface area contributed by atoms with E-state index in [1.54, 1.807) is 13.2 Å². The van der Waals surface area contributed by atoms with Crippen LogP contribution in [0.2, 0.25) is 0 Å². The summed E-state index contributed by atoms with van der Waals surface area (Å²) in [6.07, 6.45) is 0. The Hall–Kier alpha value is -1.71. The van der Waals surface area contributed by atoms with Gasteiger partial charge in [-0.25, -0.2) is 0 Å². The third kappa shape index (κ3) is 2.40. The van der Waals surface area contributed by atoms with E-state index in [2.05, 4.69) is 19.0 Å². The van der Waals surface area contributed by atoms with Crippen LogP contribution in [0.3, 0.4) is 0 Å². The summed E-state index contributed by atoms with van der Waals surface area (Å²) in [5.41, 5.74) is 7.25. The van der Waals surface area contributed by atoms with Crippen LogP contribution in [0.15, 0.2) is 23.4 Å². The van der Waals surface area contributed by atoms with Crippen molar-refractivity contribution in [1.82, 2.24) is 0 Å². The highest BCUT2D eigenvalue weighted by molar-refractivity contribution is 5.97. The summed E-state index contributed by atoms with van der Waals surface area (Å²) in [4.78, 5) is 0. The molecule has 0 unspecified atom stereocenters. The van der Waals surface area contributed by atoms with Gasteiger partial charge in [0.15, 0.2) is 5.84 Å². The topological polar surface area (TPSA) is 67.8 Å². The van der Waals surface area contributed by atoms with Gasteiger partial charge in [-0.15, -0.1) is 0 Å². The van der Waals surface area contributed by atoms with Crippen LogP contribution in [0.4, 0.5) is 0 Å². The van der Waals surface area contributed by atoms with Gasteiger partial charge in [-0.3, -0.25) is 0 Å². The number of oxime groups is 1. The first-order valence-electron chi connectivity index (χ1n) is 4.76. The largest absolute Gasteiger partial charge is 0.496 e. The summed E-state index contributed by atoms with van der Waals surface area (Å²) >= 11 is 0. The molecule has 1 rings (SSSR count). The molecule has 4 nitrogen and oxygen atoms in total. The molecule has 0 fully saturated rings. The fourth-order valence-corrected chi connectivity index (χ4v) is 1.40. The Bertz CT molecular complexity index is 373. The first kappa shape index (κ1) is 11.4. The van der Waals surface area contributed by atoms with Gasteiger partial charge in [0, 0.05) is 5.56 Å². The number of amidine groups is 1. The molecular weight excluding hydrogens is 192 g/mol. The molecule has 1 aromatic carbocycles. The first-order valence-corrected chi connectivity index (χ1v) is 4.76. The maximum Gasteiger partial charge on any atom is 0.170 e. The predicted molar refractivity (Wildman–Crippen MR) is 59.6 cm³/mol. The van der Waals surface area contributed by atoms with E-state index in [1.807, 2.05) is 12.1 Å². The third-order valence-electron chi connectivity index (χ3n) is 2.26. The number of ether oxygens (including phenoxy) is 1. The second-order valence-electron chi connectivity index (χ2n) is 3.60. The highest BCUT2D eigenvalue weighted by Crippen LogP contribution is 2.27. The molecule has 0 aromatic heterocycles. The summed E-state index contributed by atoms with van der Waals surface area (Å²) in [6.45, 7) is 4.13. The van der Waals surface area contributed by atoms with E-state index in [-0.39, 0.29) is 5.84 Å². The van der Waals surface area contributed by atoms with Gasteiger partial charge in [-0.05, 0) is 29.7 Å². The molecule has 0 atom stereocenters. The third-order valence-corrected chi connectivity index (χ3v) is 2.26. The summed E-state index contributed by atoms with van der Waals surface area (Å²) in [5.74, 6) is 1.26. The molecule has 0 saturated heterocycles. The smallest absolute Gasteiger partial charge is 0.170 e. The lowest BCUT2D eigenvalue weighted by Crippen LogP contribution is -2.13. The van der Waals surface area contributed by atoms with Crippen molar-refractivity contribution in [3.63, 3.8) is 0 Å². The zero-order valence-electron chi connectivity index (χ0n) is 9.19. The average Bonchev–Trinajstić information content (AvgIpc) is 2.27. The SMILES string of the molecule is COc1ccc(/C(N)=N/O)cc1C(C)C. The van der Waals surface area contributed by atoms with Gasteiger partial charge >= 0.3 is 0 Å². The van der Waals surface area contributed by atoms with Crippen molar-refractivity contribution < 1.29 is 9.94 Å². The number of hydrogen-bond acceptors (Lipinski definition) is 3. The molecule has 0 radical (unpaired) electrons. The van der Waals surface area contributed by atoms with Crippen LogP contribution in [0, 0.1) is 0 Å². The molecule has 0 heterocycles. The summed E-state index contributed by atoms with van der Waals surface area (Å²) in [5, 5.41) is 11.5. The van der Waals surface area contributed by atoms with E-state index < -0.39 is 0 Å². The average molecular weight is 208 g/mol. The molecule has 0 saturated carbocycles. The first-order chi connectivity index (χ1) is 7.10. The number of benzene rings is 1. The maximum absolute atomic E-state index is 8.58. The molecule has 0 amide bonds. The minimum atomic E-state index is 0.111. The minimum Gasteiger partial charge on any atom is -0.496 e. The number of rotatable bonds is 3. The van der Waals surface area contributed by atoms with Crippen molar-refractivity contribution in [2.45, 2.75) is 19.8 Å².